The highest BCUT2D eigenvalue weighted by molar-refractivity contribution is 6.28. The Morgan fingerprint density at radius 3 is 1.81 bits per heavy atom. The molecule has 11 aromatic rings. The molecule has 0 N–H and O–H groups in total. The fourth-order valence-electron chi connectivity index (χ4n) is 8.57. The summed E-state index contributed by atoms with van der Waals surface area (Å²) < 4.78 is 12.9. The summed E-state index contributed by atoms with van der Waals surface area (Å²) in [5.41, 5.74) is 9.91. The van der Waals surface area contributed by atoms with Gasteiger partial charge in [-0.2, -0.15) is 0 Å². The lowest BCUT2D eigenvalue weighted by Crippen LogP contribution is -1.92. The zero-order valence-electron chi connectivity index (χ0n) is 29.4. The van der Waals surface area contributed by atoms with Gasteiger partial charge in [0.25, 0.3) is 0 Å². The summed E-state index contributed by atoms with van der Waals surface area (Å²) in [5.74, 6) is 0. The van der Waals surface area contributed by atoms with Crippen LogP contribution in [-0.4, -0.2) is 0 Å². The van der Waals surface area contributed by atoms with Crippen LogP contribution in [0, 0.1) is 0 Å². The predicted molar refractivity (Wildman–Crippen MR) is 230 cm³/mol. The van der Waals surface area contributed by atoms with E-state index in [-0.39, 0.29) is 0 Å². The molecular formula is C52H32O2. The zero-order valence-corrected chi connectivity index (χ0v) is 29.4. The molecule has 0 bridgehead atoms. The summed E-state index contributed by atoms with van der Waals surface area (Å²) in [4.78, 5) is 0. The van der Waals surface area contributed by atoms with E-state index in [1.54, 1.807) is 0 Å². The van der Waals surface area contributed by atoms with Crippen molar-refractivity contribution in [3.05, 3.63) is 194 Å². The molecule has 54 heavy (non-hydrogen) atoms. The monoisotopic (exact) mass is 688 g/mol. The maximum atomic E-state index is 6.62. The number of hydrogen-bond donors (Lipinski definition) is 0. The molecule has 0 fully saturated rings. The minimum atomic E-state index is 0.844. The standard InChI is InChI=1S/C52H32O2/c1-31(35-25-27-46-44(30-35)42-26-23-34-24-28-47-51(50(34)52(42)54-46)43-17-9-10-18-45(43)53-47)19-20-32(2)48-38-13-5-7-15-40(38)49(41-16-8-6-14-39(41)48)37-22-21-33-11-3-4-12-36(33)29-37/h3-30H,1-2H2/b20-19-. The first-order chi connectivity index (χ1) is 26.6. The minimum Gasteiger partial charge on any atom is -0.456 e. The van der Waals surface area contributed by atoms with Crippen LogP contribution >= 0.6 is 0 Å². The largest absolute Gasteiger partial charge is 0.456 e. The summed E-state index contributed by atoms with van der Waals surface area (Å²) in [6.45, 7) is 9.15. The van der Waals surface area contributed by atoms with Gasteiger partial charge in [-0.05, 0) is 108 Å². The summed E-state index contributed by atoms with van der Waals surface area (Å²) >= 11 is 0. The van der Waals surface area contributed by atoms with Crippen molar-refractivity contribution >= 4 is 98.1 Å². The molecular weight excluding hydrogens is 657 g/mol. The van der Waals surface area contributed by atoms with Gasteiger partial charge in [0.1, 0.15) is 22.3 Å². The summed E-state index contributed by atoms with van der Waals surface area (Å²) in [5, 5.41) is 13.8. The molecule has 0 atom stereocenters. The molecule has 9 aromatic carbocycles. The van der Waals surface area contributed by atoms with Crippen LogP contribution < -0.4 is 0 Å². The SMILES string of the molecule is C=C(/C=C\C(=C)c1c2ccccc2c(-c2ccc3ccccc3c2)c2ccccc12)c1ccc2oc3c(ccc4ccc5oc6ccccc6c5c43)c2c1. The first-order valence-corrected chi connectivity index (χ1v) is 18.3. The summed E-state index contributed by atoms with van der Waals surface area (Å²) in [6, 6.07) is 55.8. The van der Waals surface area contributed by atoms with Crippen LogP contribution in [-0.2, 0) is 0 Å². The molecule has 0 spiro atoms. The molecule has 252 valence electrons. The Kier molecular flexibility index (Phi) is 6.59. The number of hydrogen-bond acceptors (Lipinski definition) is 2. The molecule has 2 nitrogen and oxygen atoms in total. The Bertz CT molecular complexity index is 3360. The van der Waals surface area contributed by atoms with Gasteiger partial charge in [-0.15, -0.1) is 0 Å². The highest BCUT2D eigenvalue weighted by Gasteiger charge is 2.19. The molecule has 0 saturated carbocycles. The Labute approximate surface area is 311 Å². The van der Waals surface area contributed by atoms with Crippen LogP contribution in [0.5, 0.6) is 0 Å². The van der Waals surface area contributed by atoms with Gasteiger partial charge in [0.15, 0.2) is 0 Å². The van der Waals surface area contributed by atoms with Gasteiger partial charge >= 0.3 is 0 Å². The third-order valence-electron chi connectivity index (χ3n) is 11.1. The van der Waals surface area contributed by atoms with Crippen LogP contribution in [0.1, 0.15) is 11.1 Å². The third-order valence-corrected chi connectivity index (χ3v) is 11.1. The lowest BCUT2D eigenvalue weighted by atomic mass is 9.85. The van der Waals surface area contributed by atoms with Gasteiger partial charge in [-0.25, -0.2) is 0 Å². The van der Waals surface area contributed by atoms with Gasteiger partial charge < -0.3 is 8.83 Å². The Balaban J connectivity index is 1.00. The molecule has 0 aliphatic carbocycles. The van der Waals surface area contributed by atoms with Crippen molar-refractivity contribution in [1.29, 1.82) is 0 Å². The Hall–Kier alpha value is -7.16. The highest BCUT2D eigenvalue weighted by atomic mass is 16.3. The van der Waals surface area contributed by atoms with Crippen molar-refractivity contribution in [2.75, 3.05) is 0 Å². The molecule has 0 amide bonds. The summed E-state index contributed by atoms with van der Waals surface area (Å²) in [7, 11) is 0. The predicted octanol–water partition coefficient (Wildman–Crippen LogP) is 15.0. The molecule has 0 saturated heterocycles. The van der Waals surface area contributed by atoms with Gasteiger partial charge in [-0.3, -0.25) is 0 Å². The van der Waals surface area contributed by atoms with Crippen molar-refractivity contribution in [3.8, 4) is 11.1 Å². The highest BCUT2D eigenvalue weighted by Crippen LogP contribution is 2.44. The average Bonchev–Trinajstić information content (AvgIpc) is 3.80. The van der Waals surface area contributed by atoms with Crippen molar-refractivity contribution in [3.63, 3.8) is 0 Å². The number of fused-ring (bicyclic) bond motifs is 12. The smallest absolute Gasteiger partial charge is 0.144 e. The van der Waals surface area contributed by atoms with Crippen LogP contribution in [0.15, 0.2) is 192 Å². The van der Waals surface area contributed by atoms with E-state index in [9.17, 15) is 0 Å². The van der Waals surface area contributed by atoms with Gasteiger partial charge in [0, 0.05) is 26.9 Å². The van der Waals surface area contributed by atoms with E-state index in [0.29, 0.717) is 0 Å². The van der Waals surface area contributed by atoms with Gasteiger partial charge in [-0.1, -0.05) is 147 Å². The molecule has 2 heteroatoms. The number of allylic oxidation sites excluding steroid dienone is 4. The zero-order chi connectivity index (χ0) is 35.9. The normalized spacial score (nSPS) is 12.1. The second-order valence-corrected chi connectivity index (χ2v) is 14.2. The number of para-hydroxylation sites is 1. The second kappa shape index (κ2) is 11.7. The fraction of sp³-hybridized carbons (Fsp3) is 0. The maximum Gasteiger partial charge on any atom is 0.144 e. The van der Waals surface area contributed by atoms with Crippen molar-refractivity contribution in [2.45, 2.75) is 0 Å². The van der Waals surface area contributed by atoms with Crippen molar-refractivity contribution in [2.24, 2.45) is 0 Å². The van der Waals surface area contributed by atoms with E-state index in [1.807, 2.05) is 12.1 Å². The maximum absolute atomic E-state index is 6.62. The van der Waals surface area contributed by atoms with Crippen molar-refractivity contribution in [1.82, 2.24) is 0 Å². The van der Waals surface area contributed by atoms with Crippen LogP contribution in [0.25, 0.3) is 109 Å². The van der Waals surface area contributed by atoms with Crippen LogP contribution in [0.2, 0.25) is 0 Å². The van der Waals surface area contributed by atoms with E-state index in [0.717, 1.165) is 76.9 Å². The Morgan fingerprint density at radius 1 is 0.407 bits per heavy atom. The van der Waals surface area contributed by atoms with E-state index in [2.05, 4.69) is 171 Å². The third kappa shape index (κ3) is 4.54. The van der Waals surface area contributed by atoms with Gasteiger partial charge in [0.05, 0.1) is 0 Å². The number of furan rings is 2. The molecule has 0 aliphatic heterocycles. The topological polar surface area (TPSA) is 26.3 Å². The van der Waals surface area contributed by atoms with E-state index < -0.39 is 0 Å². The molecule has 0 unspecified atom stereocenters. The lowest BCUT2D eigenvalue weighted by molar-refractivity contribution is 0.668. The first-order valence-electron chi connectivity index (χ1n) is 18.3. The van der Waals surface area contributed by atoms with E-state index >= 15 is 0 Å². The van der Waals surface area contributed by atoms with Crippen LogP contribution in [0.4, 0.5) is 0 Å². The molecule has 2 aromatic heterocycles. The number of benzene rings is 9. The quantitative estimate of drug-likeness (QED) is 0.133. The lowest BCUT2D eigenvalue weighted by Gasteiger charge is -2.18. The fourth-order valence-corrected chi connectivity index (χ4v) is 8.57. The van der Waals surface area contributed by atoms with E-state index in [1.165, 1.54) is 43.4 Å². The summed E-state index contributed by atoms with van der Waals surface area (Å²) in [6.07, 6.45) is 4.20. The minimum absolute atomic E-state index is 0.844. The molecule has 0 radical (unpaired) electrons. The van der Waals surface area contributed by atoms with Crippen molar-refractivity contribution < 1.29 is 8.83 Å². The van der Waals surface area contributed by atoms with Crippen LogP contribution in [0.3, 0.4) is 0 Å². The first kappa shape index (κ1) is 30.5. The number of rotatable bonds is 5. The molecule has 0 aliphatic rings. The average molecular weight is 689 g/mol. The molecule has 11 rings (SSSR count). The van der Waals surface area contributed by atoms with Gasteiger partial charge in [0.2, 0.25) is 0 Å². The Morgan fingerprint density at radius 2 is 1.02 bits per heavy atom. The molecule has 2 heterocycles. The van der Waals surface area contributed by atoms with E-state index in [4.69, 9.17) is 8.83 Å². The second-order valence-electron chi connectivity index (χ2n) is 14.2.